The Morgan fingerprint density at radius 2 is 2.00 bits per heavy atom. The van der Waals surface area contributed by atoms with Crippen molar-refractivity contribution in [1.29, 1.82) is 0 Å². The minimum atomic E-state index is -3.50. The minimum absolute atomic E-state index is 0. The number of nitrogens with one attached hydrogen (secondary N) is 1. The Morgan fingerprint density at radius 1 is 1.35 bits per heavy atom. The molecule has 0 saturated carbocycles. The molecule has 0 aromatic heterocycles. The van der Waals surface area contributed by atoms with E-state index < -0.39 is 10.0 Å². The zero-order valence-corrected chi connectivity index (χ0v) is 14.8. The second kappa shape index (κ2) is 8.63. The van der Waals surface area contributed by atoms with Gasteiger partial charge in [0.1, 0.15) is 0 Å². The van der Waals surface area contributed by atoms with Crippen LogP contribution in [0.2, 0.25) is 0 Å². The molecule has 2 rings (SSSR count). The van der Waals surface area contributed by atoms with Crippen molar-refractivity contribution in [2.75, 3.05) is 26.2 Å². The third-order valence-corrected chi connectivity index (χ3v) is 5.38. The van der Waals surface area contributed by atoms with Crippen LogP contribution < -0.4 is 10.5 Å². The number of likely N-dealkylation sites (tertiary alicyclic amines) is 1. The molecular weight excluding hydrogens is 338 g/mol. The lowest BCUT2D eigenvalue weighted by molar-refractivity contribution is -0.131. The summed E-state index contributed by atoms with van der Waals surface area (Å²) in [5.74, 6) is 0.0514. The second-order valence-corrected chi connectivity index (χ2v) is 7.48. The number of piperidine rings is 1. The number of nitrogens with zero attached hydrogens (tertiary/aromatic N) is 1. The van der Waals surface area contributed by atoms with Crippen molar-refractivity contribution in [2.45, 2.75) is 24.7 Å². The molecule has 1 amide bonds. The smallest absolute Gasteiger partial charge is 0.240 e. The van der Waals surface area contributed by atoms with E-state index in [1.807, 2.05) is 6.92 Å². The van der Waals surface area contributed by atoms with Gasteiger partial charge in [-0.05, 0) is 37.8 Å². The van der Waals surface area contributed by atoms with Gasteiger partial charge in [0, 0.05) is 19.6 Å². The predicted molar refractivity (Wildman–Crippen MR) is 92.0 cm³/mol. The molecule has 1 heterocycles. The Labute approximate surface area is 143 Å². The number of hydrogen-bond acceptors (Lipinski definition) is 4. The van der Waals surface area contributed by atoms with Crippen LogP contribution in [0.25, 0.3) is 0 Å². The van der Waals surface area contributed by atoms with Crippen molar-refractivity contribution in [3.8, 4) is 0 Å². The Morgan fingerprint density at radius 3 is 2.61 bits per heavy atom. The van der Waals surface area contributed by atoms with Crippen LogP contribution in [-0.4, -0.2) is 45.4 Å². The van der Waals surface area contributed by atoms with E-state index in [0.29, 0.717) is 19.6 Å². The molecule has 1 aromatic carbocycles. The molecule has 0 radical (unpaired) electrons. The van der Waals surface area contributed by atoms with Crippen LogP contribution in [0.1, 0.15) is 18.4 Å². The third kappa shape index (κ3) is 5.46. The molecule has 6 nitrogen and oxygen atoms in total. The number of carbonyl (C=O) groups is 1. The normalized spacial score (nSPS) is 18.3. The molecule has 3 N–H and O–H groups in total. The van der Waals surface area contributed by atoms with Gasteiger partial charge in [0.2, 0.25) is 15.9 Å². The first-order valence-corrected chi connectivity index (χ1v) is 8.95. The molecular formula is C15H24ClN3O3S. The fourth-order valence-corrected chi connectivity index (χ4v) is 3.73. The van der Waals surface area contributed by atoms with E-state index in [-0.39, 0.29) is 35.7 Å². The number of amides is 1. The van der Waals surface area contributed by atoms with Crippen LogP contribution in [0.15, 0.2) is 29.2 Å². The SMILES string of the molecule is Cc1ccc(S(=O)(=O)NCC2CCCN(C(=O)CN)C2)cc1.Cl. The molecule has 1 atom stereocenters. The molecule has 0 aliphatic carbocycles. The van der Waals surface area contributed by atoms with E-state index in [1.165, 1.54) is 0 Å². The summed E-state index contributed by atoms with van der Waals surface area (Å²) in [6.07, 6.45) is 1.79. The van der Waals surface area contributed by atoms with Gasteiger partial charge in [-0.2, -0.15) is 0 Å². The second-order valence-electron chi connectivity index (χ2n) is 5.72. The summed E-state index contributed by atoms with van der Waals surface area (Å²) in [5, 5.41) is 0. The van der Waals surface area contributed by atoms with E-state index in [0.717, 1.165) is 18.4 Å². The van der Waals surface area contributed by atoms with Crippen LogP contribution >= 0.6 is 12.4 Å². The van der Waals surface area contributed by atoms with Crippen molar-refractivity contribution in [3.63, 3.8) is 0 Å². The Hall–Kier alpha value is -1.15. The highest BCUT2D eigenvalue weighted by Crippen LogP contribution is 2.17. The van der Waals surface area contributed by atoms with E-state index in [2.05, 4.69) is 4.72 Å². The van der Waals surface area contributed by atoms with Crippen LogP contribution in [0, 0.1) is 12.8 Å². The first-order chi connectivity index (χ1) is 10.4. The summed E-state index contributed by atoms with van der Waals surface area (Å²) < 4.78 is 27.1. The summed E-state index contributed by atoms with van der Waals surface area (Å²) in [4.78, 5) is 13.6. The molecule has 1 saturated heterocycles. The summed E-state index contributed by atoms with van der Waals surface area (Å²) in [6.45, 7) is 3.52. The highest BCUT2D eigenvalue weighted by molar-refractivity contribution is 7.89. The molecule has 0 bridgehead atoms. The number of sulfonamides is 1. The molecule has 1 aromatic rings. The van der Waals surface area contributed by atoms with Gasteiger partial charge in [-0.25, -0.2) is 13.1 Å². The van der Waals surface area contributed by atoms with Crippen LogP contribution in [-0.2, 0) is 14.8 Å². The maximum atomic E-state index is 12.2. The van der Waals surface area contributed by atoms with E-state index in [4.69, 9.17) is 5.73 Å². The number of halogens is 1. The summed E-state index contributed by atoms with van der Waals surface area (Å²) in [6, 6.07) is 6.75. The number of hydrogen-bond donors (Lipinski definition) is 2. The van der Waals surface area contributed by atoms with Crippen molar-refractivity contribution >= 4 is 28.3 Å². The quantitative estimate of drug-likeness (QED) is 0.814. The van der Waals surface area contributed by atoms with Gasteiger partial charge in [0.15, 0.2) is 0 Å². The number of nitrogens with two attached hydrogens (primary N) is 1. The number of aryl methyl sites for hydroxylation is 1. The predicted octanol–water partition coefficient (Wildman–Crippen LogP) is 0.892. The van der Waals surface area contributed by atoms with E-state index in [1.54, 1.807) is 29.2 Å². The minimum Gasteiger partial charge on any atom is -0.341 e. The average Bonchev–Trinajstić information content (AvgIpc) is 2.53. The molecule has 130 valence electrons. The zero-order valence-electron chi connectivity index (χ0n) is 13.2. The number of rotatable bonds is 5. The first kappa shape index (κ1) is 19.9. The third-order valence-electron chi connectivity index (χ3n) is 3.94. The maximum Gasteiger partial charge on any atom is 0.240 e. The van der Waals surface area contributed by atoms with Gasteiger partial charge in [-0.3, -0.25) is 4.79 Å². The molecule has 1 aliphatic rings. The average molecular weight is 362 g/mol. The molecule has 8 heteroatoms. The number of benzene rings is 1. The lowest BCUT2D eigenvalue weighted by Crippen LogP contribution is -2.45. The van der Waals surface area contributed by atoms with Crippen molar-refractivity contribution < 1.29 is 13.2 Å². The van der Waals surface area contributed by atoms with E-state index in [9.17, 15) is 13.2 Å². The van der Waals surface area contributed by atoms with Gasteiger partial charge >= 0.3 is 0 Å². The highest BCUT2D eigenvalue weighted by Gasteiger charge is 2.24. The number of carbonyl (C=O) groups excluding carboxylic acids is 1. The van der Waals surface area contributed by atoms with Crippen molar-refractivity contribution in [1.82, 2.24) is 9.62 Å². The van der Waals surface area contributed by atoms with Gasteiger partial charge < -0.3 is 10.6 Å². The Bertz CT molecular complexity index is 619. The lowest BCUT2D eigenvalue weighted by atomic mass is 9.98. The van der Waals surface area contributed by atoms with Crippen LogP contribution in [0.3, 0.4) is 0 Å². The van der Waals surface area contributed by atoms with Gasteiger partial charge in [-0.15, -0.1) is 12.4 Å². The fraction of sp³-hybridized carbons (Fsp3) is 0.533. The van der Waals surface area contributed by atoms with E-state index >= 15 is 0 Å². The molecule has 1 fully saturated rings. The molecule has 1 aliphatic heterocycles. The van der Waals surface area contributed by atoms with Crippen molar-refractivity contribution in [3.05, 3.63) is 29.8 Å². The fourth-order valence-electron chi connectivity index (χ4n) is 2.62. The summed E-state index contributed by atoms with van der Waals surface area (Å²) in [5.41, 5.74) is 6.39. The molecule has 1 unspecified atom stereocenters. The Balaban J connectivity index is 0.00000264. The summed E-state index contributed by atoms with van der Waals surface area (Å²) in [7, 11) is -3.50. The maximum absolute atomic E-state index is 12.2. The van der Waals surface area contributed by atoms with Crippen molar-refractivity contribution in [2.24, 2.45) is 11.7 Å². The molecule has 23 heavy (non-hydrogen) atoms. The first-order valence-electron chi connectivity index (χ1n) is 7.46. The standard InChI is InChI=1S/C15H23N3O3S.ClH/c1-12-4-6-14(7-5-12)22(20,21)17-10-13-3-2-8-18(11-13)15(19)9-16;/h4-7,13,17H,2-3,8-11,16H2,1H3;1H. The monoisotopic (exact) mass is 361 g/mol. The lowest BCUT2D eigenvalue weighted by Gasteiger charge is -2.32. The largest absolute Gasteiger partial charge is 0.341 e. The van der Waals surface area contributed by atoms with Crippen LogP contribution in [0.5, 0.6) is 0 Å². The van der Waals surface area contributed by atoms with Gasteiger partial charge in [0.05, 0.1) is 11.4 Å². The van der Waals surface area contributed by atoms with Gasteiger partial charge in [-0.1, -0.05) is 17.7 Å². The molecule has 0 spiro atoms. The summed E-state index contributed by atoms with van der Waals surface area (Å²) >= 11 is 0. The Kier molecular flexibility index (Phi) is 7.47. The topological polar surface area (TPSA) is 92.5 Å². The van der Waals surface area contributed by atoms with Crippen LogP contribution in [0.4, 0.5) is 0 Å². The highest BCUT2D eigenvalue weighted by atomic mass is 35.5. The van der Waals surface area contributed by atoms with Gasteiger partial charge in [0.25, 0.3) is 0 Å². The zero-order chi connectivity index (χ0) is 16.2.